The topological polar surface area (TPSA) is 41.5 Å². The van der Waals surface area contributed by atoms with Crippen molar-refractivity contribution in [2.24, 2.45) is 0 Å². The minimum Gasteiger partial charge on any atom is -0.389 e. The summed E-state index contributed by atoms with van der Waals surface area (Å²) in [6, 6.07) is 1.69. The number of aliphatic hydroxyl groups excluding tert-OH is 1. The number of halogens is 3. The van der Waals surface area contributed by atoms with E-state index < -0.39 is 23.6 Å². The molecule has 0 heterocycles. The van der Waals surface area contributed by atoms with Crippen LogP contribution in [-0.2, 0) is 4.74 Å². The molecule has 1 rings (SSSR count). The number of unbranched alkanes of at least 4 members (excludes halogenated alkanes) is 3. The molecule has 1 aromatic rings. The van der Waals surface area contributed by atoms with Gasteiger partial charge < -0.3 is 15.2 Å². The van der Waals surface area contributed by atoms with E-state index in [1.165, 1.54) is 0 Å². The highest BCUT2D eigenvalue weighted by Crippen LogP contribution is 2.17. The molecule has 1 unspecified atom stereocenters. The predicted molar refractivity (Wildman–Crippen MR) is 75.8 cm³/mol. The van der Waals surface area contributed by atoms with Crippen molar-refractivity contribution in [3.63, 3.8) is 0 Å². The van der Waals surface area contributed by atoms with Crippen molar-refractivity contribution in [2.45, 2.75) is 38.7 Å². The Bertz CT molecular complexity index is 406. The van der Waals surface area contributed by atoms with Gasteiger partial charge in [0.05, 0.1) is 12.7 Å². The summed E-state index contributed by atoms with van der Waals surface area (Å²) in [7, 11) is 0. The predicted octanol–water partition coefficient (Wildman–Crippen LogP) is 3.47. The second kappa shape index (κ2) is 9.63. The van der Waals surface area contributed by atoms with Gasteiger partial charge >= 0.3 is 0 Å². The zero-order valence-electron chi connectivity index (χ0n) is 12.2. The molecule has 0 amide bonds. The fourth-order valence-electron chi connectivity index (χ4n) is 1.80. The number of hydrogen-bond donors (Lipinski definition) is 2. The number of anilines is 1. The average Bonchev–Trinajstić information content (AvgIpc) is 2.46. The van der Waals surface area contributed by atoms with E-state index in [1.807, 2.05) is 0 Å². The van der Waals surface area contributed by atoms with E-state index in [-0.39, 0.29) is 18.8 Å². The molecule has 0 saturated carbocycles. The van der Waals surface area contributed by atoms with Gasteiger partial charge in [0.15, 0.2) is 17.5 Å². The third-order valence-corrected chi connectivity index (χ3v) is 2.98. The summed E-state index contributed by atoms with van der Waals surface area (Å²) in [5.41, 5.74) is 0.0772. The maximum atomic E-state index is 13.0. The lowest BCUT2D eigenvalue weighted by Crippen LogP contribution is -2.25. The van der Waals surface area contributed by atoms with Gasteiger partial charge in [-0.1, -0.05) is 26.2 Å². The Hall–Kier alpha value is -1.27. The lowest BCUT2D eigenvalue weighted by Gasteiger charge is -2.13. The number of hydrogen-bond acceptors (Lipinski definition) is 3. The first-order valence-corrected chi connectivity index (χ1v) is 7.18. The third kappa shape index (κ3) is 6.82. The first-order valence-electron chi connectivity index (χ1n) is 7.18. The van der Waals surface area contributed by atoms with Crippen molar-refractivity contribution in [3.05, 3.63) is 29.6 Å². The molecule has 6 heteroatoms. The highest BCUT2D eigenvalue weighted by Gasteiger charge is 2.11. The van der Waals surface area contributed by atoms with Crippen molar-refractivity contribution < 1.29 is 23.0 Å². The SMILES string of the molecule is CCCCCCOCC(O)CNc1cc(F)c(F)c(F)c1. The van der Waals surface area contributed by atoms with Crippen LogP contribution in [0.5, 0.6) is 0 Å². The minimum atomic E-state index is -1.50. The number of rotatable bonds is 10. The molecular formula is C15H22F3NO2. The van der Waals surface area contributed by atoms with Crippen LogP contribution in [0.3, 0.4) is 0 Å². The van der Waals surface area contributed by atoms with Gasteiger partial charge in [0.1, 0.15) is 0 Å². The van der Waals surface area contributed by atoms with E-state index in [2.05, 4.69) is 12.2 Å². The van der Waals surface area contributed by atoms with Gasteiger partial charge in [0, 0.05) is 31.0 Å². The quantitative estimate of drug-likeness (QED) is 0.514. The van der Waals surface area contributed by atoms with Crippen LogP contribution in [0.15, 0.2) is 12.1 Å². The largest absolute Gasteiger partial charge is 0.389 e. The van der Waals surface area contributed by atoms with Crippen LogP contribution in [0.1, 0.15) is 32.6 Å². The van der Waals surface area contributed by atoms with Crippen molar-refractivity contribution in [1.82, 2.24) is 0 Å². The highest BCUT2D eigenvalue weighted by atomic mass is 19.2. The molecule has 21 heavy (non-hydrogen) atoms. The molecule has 0 aliphatic heterocycles. The Morgan fingerprint density at radius 2 is 1.81 bits per heavy atom. The summed E-state index contributed by atoms with van der Waals surface area (Å²) in [5.74, 6) is -4.03. The smallest absolute Gasteiger partial charge is 0.194 e. The van der Waals surface area contributed by atoms with Crippen LogP contribution in [0.2, 0.25) is 0 Å². The van der Waals surface area contributed by atoms with Crippen molar-refractivity contribution in [2.75, 3.05) is 25.1 Å². The summed E-state index contributed by atoms with van der Waals surface area (Å²) in [5, 5.41) is 12.3. The monoisotopic (exact) mass is 305 g/mol. The van der Waals surface area contributed by atoms with Crippen LogP contribution >= 0.6 is 0 Å². The fraction of sp³-hybridized carbons (Fsp3) is 0.600. The van der Waals surface area contributed by atoms with Crippen molar-refractivity contribution in [3.8, 4) is 0 Å². The third-order valence-electron chi connectivity index (χ3n) is 2.98. The summed E-state index contributed by atoms with van der Waals surface area (Å²) in [6.45, 7) is 2.92. The highest BCUT2D eigenvalue weighted by molar-refractivity contribution is 5.44. The van der Waals surface area contributed by atoms with Gasteiger partial charge in [-0.25, -0.2) is 13.2 Å². The molecule has 0 aliphatic carbocycles. The zero-order valence-corrected chi connectivity index (χ0v) is 12.2. The van der Waals surface area contributed by atoms with Gasteiger partial charge in [-0.15, -0.1) is 0 Å². The van der Waals surface area contributed by atoms with E-state index in [4.69, 9.17) is 4.74 Å². The molecule has 0 spiro atoms. The Morgan fingerprint density at radius 1 is 1.14 bits per heavy atom. The summed E-state index contributed by atoms with van der Waals surface area (Å²) in [6.07, 6.45) is 3.56. The molecule has 1 aromatic carbocycles. The standard InChI is InChI=1S/C15H22F3NO2/c1-2-3-4-5-6-21-10-12(20)9-19-11-7-13(16)15(18)14(17)8-11/h7-8,12,19-20H,2-6,9-10H2,1H3. The lowest BCUT2D eigenvalue weighted by atomic mass is 10.2. The lowest BCUT2D eigenvalue weighted by molar-refractivity contribution is 0.0416. The minimum absolute atomic E-state index is 0.0689. The van der Waals surface area contributed by atoms with E-state index in [0.717, 1.165) is 37.8 Å². The summed E-state index contributed by atoms with van der Waals surface area (Å²) < 4.78 is 44.0. The molecular weight excluding hydrogens is 283 g/mol. The maximum absolute atomic E-state index is 13.0. The molecule has 120 valence electrons. The first kappa shape index (κ1) is 17.8. The van der Waals surface area contributed by atoms with Gasteiger partial charge in [-0.3, -0.25) is 0 Å². The van der Waals surface area contributed by atoms with Crippen LogP contribution in [0, 0.1) is 17.5 Å². The number of benzene rings is 1. The number of aliphatic hydroxyl groups is 1. The molecule has 1 atom stereocenters. The van der Waals surface area contributed by atoms with Crippen LogP contribution in [0.4, 0.5) is 18.9 Å². The zero-order chi connectivity index (χ0) is 15.7. The Labute approximate surface area is 123 Å². The first-order chi connectivity index (χ1) is 10.0. The van der Waals surface area contributed by atoms with Crippen LogP contribution in [-0.4, -0.2) is 31.0 Å². The average molecular weight is 305 g/mol. The fourth-order valence-corrected chi connectivity index (χ4v) is 1.80. The second-order valence-corrected chi connectivity index (χ2v) is 4.92. The summed E-state index contributed by atoms with van der Waals surface area (Å²) >= 11 is 0. The number of nitrogens with one attached hydrogen (secondary N) is 1. The molecule has 0 saturated heterocycles. The molecule has 3 nitrogen and oxygen atoms in total. The normalized spacial score (nSPS) is 12.4. The Morgan fingerprint density at radius 3 is 2.43 bits per heavy atom. The number of ether oxygens (including phenoxy) is 1. The molecule has 0 bridgehead atoms. The van der Waals surface area contributed by atoms with E-state index in [0.29, 0.717) is 6.61 Å². The van der Waals surface area contributed by atoms with Gasteiger partial charge in [-0.05, 0) is 6.42 Å². The van der Waals surface area contributed by atoms with Gasteiger partial charge in [0.2, 0.25) is 0 Å². The van der Waals surface area contributed by atoms with Crippen molar-refractivity contribution in [1.29, 1.82) is 0 Å². The second-order valence-electron chi connectivity index (χ2n) is 4.92. The van der Waals surface area contributed by atoms with E-state index >= 15 is 0 Å². The molecule has 0 fully saturated rings. The van der Waals surface area contributed by atoms with Gasteiger partial charge in [0.25, 0.3) is 0 Å². The summed E-state index contributed by atoms with van der Waals surface area (Å²) in [4.78, 5) is 0. The van der Waals surface area contributed by atoms with E-state index in [9.17, 15) is 18.3 Å². The Kier molecular flexibility index (Phi) is 8.15. The molecule has 0 radical (unpaired) electrons. The van der Waals surface area contributed by atoms with Gasteiger partial charge in [-0.2, -0.15) is 0 Å². The Balaban J connectivity index is 2.22. The van der Waals surface area contributed by atoms with Crippen LogP contribution < -0.4 is 5.32 Å². The van der Waals surface area contributed by atoms with Crippen molar-refractivity contribution >= 4 is 5.69 Å². The molecule has 0 aromatic heterocycles. The molecule has 0 aliphatic rings. The maximum Gasteiger partial charge on any atom is 0.194 e. The van der Waals surface area contributed by atoms with E-state index in [1.54, 1.807) is 0 Å². The van der Waals surface area contributed by atoms with Crippen LogP contribution in [0.25, 0.3) is 0 Å². The molecule has 2 N–H and O–H groups in total.